The molecule has 4 aromatic heterocycles. The second kappa shape index (κ2) is 16.7. The van der Waals surface area contributed by atoms with Crippen molar-refractivity contribution in [2.24, 2.45) is 0 Å². The molecule has 0 aliphatic carbocycles. The van der Waals surface area contributed by atoms with Crippen molar-refractivity contribution in [3.63, 3.8) is 0 Å². The molecule has 6 aromatic carbocycles. The number of pyridine rings is 2. The van der Waals surface area contributed by atoms with E-state index in [-0.39, 0.29) is 31.3 Å². The number of hydrogen-bond donors (Lipinski definition) is 0. The Labute approximate surface area is 379 Å². The molecule has 1 radical (unpaired) electrons. The molecule has 0 bridgehead atoms. The fourth-order valence-electron chi connectivity index (χ4n) is 7.78. The summed E-state index contributed by atoms with van der Waals surface area (Å²) in [4.78, 5) is 15.5. The average molecular weight is 1010 g/mol. The molecule has 0 unspecified atom stereocenters. The minimum atomic E-state index is -2.19. The molecule has 8 heteroatoms. The molecule has 0 atom stereocenters. The van der Waals surface area contributed by atoms with Gasteiger partial charge >= 0.3 is 0 Å². The standard InChI is InChI=1S/C38H28N3S.C15H17FNSi.Ir/c1-38(2,3)26-19-21-32(31(23-26)24-11-5-4-6-12-24)41-33-20-18-25-13-7-8-14-27(25)34(33)40-36(41)30-16-9-15-28-29-17-10-22-39-37(29)42-35(28)30;1-11-9-14(12-5-7-13(16)8-6-12)17-10-15(11)18(2,3)4;/h4-15,17-23H,1-3H3;5,7-10H,1-4H3;/q2*-1;/i;1D3;. The normalized spacial score (nSPS) is 12.7. The van der Waals surface area contributed by atoms with Crippen LogP contribution >= 0.6 is 11.3 Å². The molecule has 10 aromatic rings. The summed E-state index contributed by atoms with van der Waals surface area (Å²) in [7, 11) is -1.81. The maximum atomic E-state index is 13.0. The Balaban J connectivity index is 0.000000216. The molecule has 0 saturated heterocycles. The number of aromatic nitrogens is 4. The number of hydrogen-bond acceptors (Lipinski definition) is 4. The van der Waals surface area contributed by atoms with Gasteiger partial charge in [0.05, 0.1) is 24.9 Å². The van der Waals surface area contributed by atoms with Crippen molar-refractivity contribution >= 4 is 66.7 Å². The van der Waals surface area contributed by atoms with E-state index in [9.17, 15) is 4.39 Å². The Hall–Kier alpha value is -5.63. The van der Waals surface area contributed by atoms with Crippen LogP contribution in [0.3, 0.4) is 0 Å². The van der Waals surface area contributed by atoms with Gasteiger partial charge in [0.2, 0.25) is 0 Å². The van der Waals surface area contributed by atoms with Crippen LogP contribution in [0, 0.1) is 24.8 Å². The largest absolute Gasteiger partial charge is 0.333 e. The fraction of sp³-hybridized carbons (Fsp3) is 0.151. The van der Waals surface area contributed by atoms with Crippen LogP contribution in [0.2, 0.25) is 19.6 Å². The molecule has 61 heavy (non-hydrogen) atoms. The number of halogens is 1. The second-order valence-corrected chi connectivity index (χ2v) is 23.2. The minimum absolute atomic E-state index is 0. The molecule has 0 N–H and O–H groups in total. The summed E-state index contributed by atoms with van der Waals surface area (Å²) in [6.45, 7) is 10.9. The smallest absolute Gasteiger partial charge is 0.113 e. The van der Waals surface area contributed by atoms with Crippen LogP contribution < -0.4 is 5.19 Å². The monoisotopic (exact) mass is 1010 g/mol. The molecular weight excluding hydrogens is 964 g/mol. The molecule has 10 rings (SSSR count). The molecular formula is C53H45FIrN4SSi-2. The van der Waals surface area contributed by atoms with Crippen molar-refractivity contribution in [3.8, 4) is 39.5 Å². The molecule has 4 heterocycles. The Morgan fingerprint density at radius 1 is 0.787 bits per heavy atom. The van der Waals surface area contributed by atoms with Gasteiger partial charge in [-0.1, -0.05) is 136 Å². The molecule has 0 aliphatic heterocycles. The third-order valence-corrected chi connectivity index (χ3v) is 14.1. The van der Waals surface area contributed by atoms with Gasteiger partial charge in [-0.15, -0.1) is 48.0 Å². The van der Waals surface area contributed by atoms with Gasteiger partial charge < -0.3 is 9.55 Å². The molecule has 0 aliphatic rings. The first kappa shape index (κ1) is 38.3. The summed E-state index contributed by atoms with van der Waals surface area (Å²) in [5, 5.41) is 5.51. The van der Waals surface area contributed by atoms with Crippen molar-refractivity contribution in [1.82, 2.24) is 19.5 Å². The SMILES string of the molecule is CC(C)(C)c1ccc(-n2c(-c3[c-]ccc4c3sc3ncccc34)nc3c4ccccc4ccc32)c(-c2ccccc2)c1.[2H]C([2H])([2H])c1cc(-c2[c-]cc(F)cc2)ncc1[Si](C)(C)C.[Ir]. The van der Waals surface area contributed by atoms with E-state index in [2.05, 4.69) is 164 Å². The van der Waals surface area contributed by atoms with Gasteiger partial charge in [0.25, 0.3) is 0 Å². The number of imidazole rings is 1. The van der Waals surface area contributed by atoms with E-state index in [4.69, 9.17) is 9.10 Å². The molecule has 0 spiro atoms. The number of thiophene rings is 1. The number of rotatable bonds is 5. The van der Waals surface area contributed by atoms with Gasteiger partial charge in [0.15, 0.2) is 0 Å². The van der Waals surface area contributed by atoms with Crippen LogP contribution in [0.15, 0.2) is 146 Å². The first-order chi connectivity index (χ1) is 30.1. The second-order valence-electron chi connectivity index (χ2n) is 17.1. The predicted molar refractivity (Wildman–Crippen MR) is 254 cm³/mol. The third kappa shape index (κ3) is 8.14. The molecule has 0 amide bonds. The van der Waals surface area contributed by atoms with E-state index in [1.165, 1.54) is 45.0 Å². The van der Waals surface area contributed by atoms with Gasteiger partial charge in [-0.3, -0.25) is 9.37 Å². The predicted octanol–water partition coefficient (Wildman–Crippen LogP) is 13.9. The van der Waals surface area contributed by atoms with E-state index in [0.717, 1.165) is 48.2 Å². The summed E-state index contributed by atoms with van der Waals surface area (Å²) in [5.41, 5.74) is 9.27. The zero-order chi connectivity index (χ0) is 44.3. The Morgan fingerprint density at radius 3 is 2.33 bits per heavy atom. The summed E-state index contributed by atoms with van der Waals surface area (Å²) in [5.74, 6) is 0.507. The molecule has 0 saturated carbocycles. The van der Waals surface area contributed by atoms with Crippen LogP contribution in [0.25, 0.3) is 81.6 Å². The Bertz CT molecular complexity index is 3320. The first-order valence-electron chi connectivity index (χ1n) is 21.5. The van der Waals surface area contributed by atoms with Crippen molar-refractivity contribution in [3.05, 3.63) is 175 Å². The van der Waals surface area contributed by atoms with Crippen molar-refractivity contribution < 1.29 is 28.6 Å². The number of nitrogens with zero attached hydrogens (tertiary/aromatic N) is 4. The Kier molecular flexibility index (Phi) is 10.5. The van der Waals surface area contributed by atoms with Gasteiger partial charge in [0, 0.05) is 59.1 Å². The van der Waals surface area contributed by atoms with Crippen LogP contribution in [0.4, 0.5) is 4.39 Å². The van der Waals surface area contributed by atoms with E-state index in [1.807, 2.05) is 18.3 Å². The molecule has 305 valence electrons. The average Bonchev–Trinajstić information content (AvgIpc) is 3.85. The van der Waals surface area contributed by atoms with Crippen LogP contribution in [-0.4, -0.2) is 27.6 Å². The zero-order valence-electron chi connectivity index (χ0n) is 37.8. The van der Waals surface area contributed by atoms with Crippen LogP contribution in [-0.2, 0) is 25.5 Å². The van der Waals surface area contributed by atoms with Gasteiger partial charge in [-0.05, 0) is 74.0 Å². The van der Waals surface area contributed by atoms with E-state index in [0.29, 0.717) is 16.8 Å². The van der Waals surface area contributed by atoms with Gasteiger partial charge in [0.1, 0.15) is 4.83 Å². The summed E-state index contributed by atoms with van der Waals surface area (Å²) >= 11 is 1.71. The van der Waals surface area contributed by atoms with E-state index >= 15 is 0 Å². The maximum absolute atomic E-state index is 13.0. The minimum Gasteiger partial charge on any atom is -0.333 e. The fourth-order valence-corrected chi connectivity index (χ4v) is 10.2. The van der Waals surface area contributed by atoms with Crippen LogP contribution in [0.5, 0.6) is 0 Å². The Morgan fingerprint density at radius 2 is 1.57 bits per heavy atom. The first-order valence-corrected chi connectivity index (χ1v) is 24.4. The van der Waals surface area contributed by atoms with Crippen molar-refractivity contribution in [2.75, 3.05) is 0 Å². The quantitative estimate of drug-likeness (QED) is 0.127. The maximum Gasteiger partial charge on any atom is 0.113 e. The van der Waals surface area contributed by atoms with Gasteiger partial charge in [-0.2, -0.15) is 11.3 Å². The van der Waals surface area contributed by atoms with E-state index in [1.54, 1.807) is 29.7 Å². The number of fused-ring (bicyclic) bond motifs is 6. The van der Waals surface area contributed by atoms with Crippen molar-refractivity contribution in [2.45, 2.75) is 52.7 Å². The van der Waals surface area contributed by atoms with Crippen LogP contribution in [0.1, 0.15) is 36.0 Å². The van der Waals surface area contributed by atoms with E-state index < -0.39 is 14.9 Å². The summed E-state index contributed by atoms with van der Waals surface area (Å²) in [6.07, 6.45) is 3.52. The molecule has 0 fully saturated rings. The zero-order valence-corrected chi connectivity index (χ0v) is 39.0. The topological polar surface area (TPSA) is 43.6 Å². The van der Waals surface area contributed by atoms with Gasteiger partial charge in [-0.25, -0.2) is 4.98 Å². The molecule has 4 nitrogen and oxygen atoms in total. The third-order valence-electron chi connectivity index (χ3n) is 10.9. The van der Waals surface area contributed by atoms with Crippen molar-refractivity contribution in [1.29, 1.82) is 0 Å². The number of benzene rings is 6. The summed E-state index contributed by atoms with van der Waals surface area (Å²) in [6, 6.07) is 50.9. The number of aryl methyl sites for hydroxylation is 1. The summed E-state index contributed by atoms with van der Waals surface area (Å²) < 4.78 is 39.7.